The van der Waals surface area contributed by atoms with Gasteiger partial charge in [-0.25, -0.2) is 8.42 Å². The fourth-order valence-electron chi connectivity index (χ4n) is 2.90. The largest absolute Gasteiger partial charge is 0.243 e. The predicted molar refractivity (Wildman–Crippen MR) is 86.1 cm³/mol. The van der Waals surface area contributed by atoms with Gasteiger partial charge >= 0.3 is 0 Å². The molecule has 1 aromatic heterocycles. The van der Waals surface area contributed by atoms with Crippen LogP contribution in [0.15, 0.2) is 40.6 Å². The lowest BCUT2D eigenvalue weighted by molar-refractivity contribution is 0.400. The molecule has 5 heteroatoms. The minimum atomic E-state index is -3.43. The van der Waals surface area contributed by atoms with Crippen molar-refractivity contribution in [2.75, 3.05) is 6.54 Å². The normalized spacial score (nSPS) is 20.0. The summed E-state index contributed by atoms with van der Waals surface area (Å²) in [6, 6.07) is 9.64. The molecular weight excluding hydrogens is 302 g/mol. The van der Waals surface area contributed by atoms with Crippen molar-refractivity contribution in [1.29, 1.82) is 0 Å². The van der Waals surface area contributed by atoms with Gasteiger partial charge in [0.1, 0.15) is 0 Å². The summed E-state index contributed by atoms with van der Waals surface area (Å²) in [4.78, 5) is 1.59. The van der Waals surface area contributed by atoms with Gasteiger partial charge in [0.05, 0.1) is 10.9 Å². The van der Waals surface area contributed by atoms with Gasteiger partial charge < -0.3 is 0 Å². The molecule has 2 aromatic rings. The SMILES string of the molecule is Cc1ccc(C)c(S(=O)(=O)N2CCC[C@@H]2c2cccs2)c1. The van der Waals surface area contributed by atoms with Gasteiger partial charge in [-0.3, -0.25) is 0 Å². The van der Waals surface area contributed by atoms with E-state index < -0.39 is 10.0 Å². The number of rotatable bonds is 3. The van der Waals surface area contributed by atoms with Gasteiger partial charge in [-0.15, -0.1) is 11.3 Å². The second-order valence-corrected chi connectivity index (χ2v) is 8.40. The van der Waals surface area contributed by atoms with Crippen LogP contribution in [0.5, 0.6) is 0 Å². The van der Waals surface area contributed by atoms with E-state index in [1.54, 1.807) is 21.7 Å². The number of thiophene rings is 1. The van der Waals surface area contributed by atoms with Crippen LogP contribution in [0.25, 0.3) is 0 Å². The maximum Gasteiger partial charge on any atom is 0.243 e. The molecule has 3 nitrogen and oxygen atoms in total. The van der Waals surface area contributed by atoms with Crippen LogP contribution in [0, 0.1) is 13.8 Å². The first-order chi connectivity index (χ1) is 10.00. The molecule has 3 rings (SSSR count). The van der Waals surface area contributed by atoms with E-state index >= 15 is 0 Å². The maximum absolute atomic E-state index is 13.0. The lowest BCUT2D eigenvalue weighted by atomic mass is 10.2. The van der Waals surface area contributed by atoms with E-state index in [1.165, 1.54) is 0 Å². The first-order valence-corrected chi connectivity index (χ1v) is 9.44. The van der Waals surface area contributed by atoms with Crippen molar-refractivity contribution < 1.29 is 8.42 Å². The minimum absolute atomic E-state index is 0.00471. The second-order valence-electron chi connectivity index (χ2n) is 5.56. The van der Waals surface area contributed by atoms with Crippen LogP contribution in [0.3, 0.4) is 0 Å². The molecule has 0 amide bonds. The van der Waals surface area contributed by atoms with Crippen molar-refractivity contribution in [2.45, 2.75) is 37.6 Å². The van der Waals surface area contributed by atoms with Gasteiger partial charge in [0, 0.05) is 11.4 Å². The molecule has 0 bridgehead atoms. The molecule has 1 saturated heterocycles. The molecule has 0 saturated carbocycles. The fourth-order valence-corrected chi connectivity index (χ4v) is 5.83. The third-order valence-electron chi connectivity index (χ3n) is 4.01. The highest BCUT2D eigenvalue weighted by Crippen LogP contribution is 2.38. The zero-order valence-corrected chi connectivity index (χ0v) is 13.9. The standard InChI is InChI=1S/C16H19NO2S2/c1-12-7-8-13(2)16(11-12)21(18,19)17-9-3-5-14(17)15-6-4-10-20-15/h4,6-8,10-11,14H,3,5,9H2,1-2H3/t14-/m1/s1. The number of hydrogen-bond donors (Lipinski definition) is 0. The van der Waals surface area contributed by atoms with Gasteiger partial charge in [-0.1, -0.05) is 18.2 Å². The highest BCUT2D eigenvalue weighted by atomic mass is 32.2. The van der Waals surface area contributed by atoms with Crippen molar-refractivity contribution in [3.8, 4) is 0 Å². The summed E-state index contributed by atoms with van der Waals surface area (Å²) in [6.45, 7) is 4.40. The Morgan fingerprint density at radius 3 is 2.76 bits per heavy atom. The Balaban J connectivity index is 2.03. The number of nitrogens with zero attached hydrogens (tertiary/aromatic N) is 1. The van der Waals surface area contributed by atoms with E-state index in [0.717, 1.165) is 28.8 Å². The quantitative estimate of drug-likeness (QED) is 0.860. The number of hydrogen-bond acceptors (Lipinski definition) is 3. The Labute approximate surface area is 130 Å². The van der Waals surface area contributed by atoms with E-state index in [9.17, 15) is 8.42 Å². The zero-order chi connectivity index (χ0) is 15.0. The molecule has 1 fully saturated rings. The Morgan fingerprint density at radius 2 is 2.05 bits per heavy atom. The van der Waals surface area contributed by atoms with Crippen LogP contribution in [-0.4, -0.2) is 19.3 Å². The van der Waals surface area contributed by atoms with Crippen LogP contribution in [0.2, 0.25) is 0 Å². The van der Waals surface area contributed by atoms with E-state index in [4.69, 9.17) is 0 Å². The Hall–Kier alpha value is -1.17. The molecule has 0 radical (unpaired) electrons. The summed E-state index contributed by atoms with van der Waals surface area (Å²) in [6.07, 6.45) is 1.83. The van der Waals surface area contributed by atoms with E-state index in [0.29, 0.717) is 11.4 Å². The lowest BCUT2D eigenvalue weighted by Crippen LogP contribution is -2.30. The fraction of sp³-hybridized carbons (Fsp3) is 0.375. The third-order valence-corrected chi connectivity index (χ3v) is 7.03. The summed E-state index contributed by atoms with van der Waals surface area (Å²) in [5.41, 5.74) is 1.79. The Kier molecular flexibility index (Phi) is 3.90. The summed E-state index contributed by atoms with van der Waals surface area (Å²) < 4.78 is 27.8. The molecule has 1 aliphatic heterocycles. The average Bonchev–Trinajstić information content (AvgIpc) is 3.10. The molecule has 0 unspecified atom stereocenters. The zero-order valence-electron chi connectivity index (χ0n) is 12.2. The molecule has 21 heavy (non-hydrogen) atoms. The Bertz CT molecular complexity index is 736. The first kappa shape index (κ1) is 14.8. The topological polar surface area (TPSA) is 37.4 Å². The summed E-state index contributed by atoms with van der Waals surface area (Å²) in [5, 5.41) is 2.01. The molecule has 1 aromatic carbocycles. The highest BCUT2D eigenvalue weighted by Gasteiger charge is 2.37. The highest BCUT2D eigenvalue weighted by molar-refractivity contribution is 7.89. The van der Waals surface area contributed by atoms with E-state index in [1.807, 2.05) is 43.5 Å². The van der Waals surface area contributed by atoms with Crippen LogP contribution in [0.1, 0.15) is 34.9 Å². The van der Waals surface area contributed by atoms with Crippen LogP contribution in [-0.2, 0) is 10.0 Å². The van der Waals surface area contributed by atoms with Gasteiger partial charge in [0.15, 0.2) is 0 Å². The van der Waals surface area contributed by atoms with Gasteiger partial charge in [-0.2, -0.15) is 4.31 Å². The van der Waals surface area contributed by atoms with Crippen molar-refractivity contribution in [1.82, 2.24) is 4.31 Å². The van der Waals surface area contributed by atoms with Crippen LogP contribution >= 0.6 is 11.3 Å². The number of sulfonamides is 1. The van der Waals surface area contributed by atoms with Crippen LogP contribution in [0.4, 0.5) is 0 Å². The summed E-state index contributed by atoms with van der Waals surface area (Å²) in [7, 11) is -3.43. The molecular formula is C16H19NO2S2. The molecule has 2 heterocycles. The summed E-state index contributed by atoms with van der Waals surface area (Å²) >= 11 is 1.64. The smallest absolute Gasteiger partial charge is 0.207 e. The van der Waals surface area contributed by atoms with E-state index in [-0.39, 0.29) is 6.04 Å². The molecule has 1 atom stereocenters. The predicted octanol–water partition coefficient (Wildman–Crippen LogP) is 3.89. The number of aryl methyl sites for hydroxylation is 2. The monoisotopic (exact) mass is 321 g/mol. The molecule has 0 N–H and O–H groups in total. The summed E-state index contributed by atoms with van der Waals surface area (Å²) in [5.74, 6) is 0. The van der Waals surface area contributed by atoms with Crippen molar-refractivity contribution in [3.63, 3.8) is 0 Å². The van der Waals surface area contributed by atoms with Gasteiger partial charge in [-0.05, 0) is 55.3 Å². The maximum atomic E-state index is 13.0. The van der Waals surface area contributed by atoms with Gasteiger partial charge in [0.2, 0.25) is 10.0 Å². The van der Waals surface area contributed by atoms with Crippen molar-refractivity contribution in [2.24, 2.45) is 0 Å². The molecule has 0 spiro atoms. The van der Waals surface area contributed by atoms with Crippen LogP contribution < -0.4 is 0 Å². The lowest BCUT2D eigenvalue weighted by Gasteiger charge is -2.24. The average molecular weight is 321 g/mol. The molecule has 112 valence electrons. The second kappa shape index (κ2) is 5.55. The van der Waals surface area contributed by atoms with E-state index in [2.05, 4.69) is 0 Å². The molecule has 1 aliphatic rings. The molecule has 0 aliphatic carbocycles. The Morgan fingerprint density at radius 1 is 1.24 bits per heavy atom. The number of benzene rings is 1. The van der Waals surface area contributed by atoms with Crippen molar-refractivity contribution in [3.05, 3.63) is 51.7 Å². The third kappa shape index (κ3) is 2.65. The van der Waals surface area contributed by atoms with Gasteiger partial charge in [0.25, 0.3) is 0 Å². The minimum Gasteiger partial charge on any atom is -0.207 e. The van der Waals surface area contributed by atoms with Crippen molar-refractivity contribution >= 4 is 21.4 Å². The first-order valence-electron chi connectivity index (χ1n) is 7.12.